The summed E-state index contributed by atoms with van der Waals surface area (Å²) >= 11 is 5.70. The lowest BCUT2D eigenvalue weighted by molar-refractivity contribution is 0.0934. The number of hydrogen-bond acceptors (Lipinski definition) is 3. The van der Waals surface area contributed by atoms with Crippen LogP contribution in [-0.2, 0) is 9.05 Å². The van der Waals surface area contributed by atoms with Gasteiger partial charge >= 0.3 is 0 Å². The van der Waals surface area contributed by atoms with Gasteiger partial charge in [0.25, 0.3) is 15.0 Å². The summed E-state index contributed by atoms with van der Waals surface area (Å²) in [5, 5.41) is 1.81. The van der Waals surface area contributed by atoms with Gasteiger partial charge in [0.2, 0.25) is 0 Å². The Labute approximate surface area is 130 Å². The van der Waals surface area contributed by atoms with Gasteiger partial charge in [-0.15, -0.1) is 0 Å². The fraction of sp³-hybridized carbons (Fsp3) is 0.417. The zero-order valence-electron chi connectivity index (χ0n) is 11.2. The zero-order valence-corrected chi connectivity index (χ0v) is 13.5. The number of carbonyl (C=O) groups is 1. The summed E-state index contributed by atoms with van der Waals surface area (Å²) in [5.74, 6) is -4.03. The van der Waals surface area contributed by atoms with Crippen molar-refractivity contribution in [3.63, 3.8) is 0 Å². The number of carbonyl (C=O) groups excluding carboxylic acids is 1. The van der Waals surface area contributed by atoms with Gasteiger partial charge in [0.05, 0.1) is 10.6 Å². The number of nitrogens with one attached hydrogen (secondary N) is 1. The van der Waals surface area contributed by atoms with Gasteiger partial charge in [-0.1, -0.05) is 25.4 Å². The number of benzene rings is 1. The zero-order chi connectivity index (χ0) is 16.4. The maximum absolute atomic E-state index is 13.5. The number of rotatable bonds is 5. The Kier molecular flexibility index (Phi) is 5.95. The maximum atomic E-state index is 13.5. The monoisotopic (exact) mass is 359 g/mol. The first-order valence-corrected chi connectivity index (χ1v) is 8.75. The molecule has 0 bridgehead atoms. The van der Waals surface area contributed by atoms with Crippen LogP contribution < -0.4 is 5.32 Å². The fourth-order valence-corrected chi connectivity index (χ4v) is 3.43. The third-order valence-electron chi connectivity index (χ3n) is 2.93. The Morgan fingerprint density at radius 2 is 1.86 bits per heavy atom. The summed E-state index contributed by atoms with van der Waals surface area (Å²) < 4.78 is 49.6. The average molecular weight is 360 g/mol. The predicted molar refractivity (Wildman–Crippen MR) is 76.2 cm³/mol. The molecule has 0 radical (unpaired) electrons. The molecule has 0 spiro atoms. The molecule has 0 fully saturated rings. The highest BCUT2D eigenvalue weighted by Crippen LogP contribution is 2.32. The molecule has 4 nitrogen and oxygen atoms in total. The molecule has 0 aliphatic carbocycles. The van der Waals surface area contributed by atoms with Crippen LogP contribution in [0.2, 0.25) is 5.02 Å². The molecule has 0 unspecified atom stereocenters. The summed E-state index contributed by atoms with van der Waals surface area (Å²) in [7, 11) is 0.390. The van der Waals surface area contributed by atoms with E-state index in [9.17, 15) is 22.0 Å². The molecule has 1 aromatic carbocycles. The highest BCUT2D eigenvalue weighted by Gasteiger charge is 2.29. The maximum Gasteiger partial charge on any atom is 0.265 e. The first-order chi connectivity index (χ1) is 9.63. The largest absolute Gasteiger partial charge is 0.349 e. The molecule has 1 rings (SSSR count). The SMILES string of the molecule is CCC(CC)NC(=O)c1cc(F)c(F)c(S(=O)(=O)Cl)c1Cl. The van der Waals surface area contributed by atoms with Gasteiger partial charge in [0.1, 0.15) is 4.90 Å². The number of halogens is 4. The standard InChI is InChI=1S/C12H13Cl2F2NO3S/c1-3-6(4-2)17-12(18)7-5-8(15)10(16)11(9(7)13)21(14,19)20/h5-6H,3-4H2,1-2H3,(H,17,18). The van der Waals surface area contributed by atoms with Crippen LogP contribution in [0.1, 0.15) is 37.0 Å². The topological polar surface area (TPSA) is 63.2 Å². The van der Waals surface area contributed by atoms with Crippen LogP contribution in [0.15, 0.2) is 11.0 Å². The van der Waals surface area contributed by atoms with Crippen molar-refractivity contribution in [2.24, 2.45) is 0 Å². The second-order valence-corrected chi connectivity index (χ2v) is 7.17. The van der Waals surface area contributed by atoms with Crippen molar-refractivity contribution >= 4 is 37.2 Å². The van der Waals surface area contributed by atoms with Crippen LogP contribution in [0.4, 0.5) is 8.78 Å². The van der Waals surface area contributed by atoms with E-state index in [1.165, 1.54) is 0 Å². The first kappa shape index (κ1) is 18.1. The molecule has 21 heavy (non-hydrogen) atoms. The van der Waals surface area contributed by atoms with Crippen LogP contribution >= 0.6 is 22.3 Å². The van der Waals surface area contributed by atoms with Crippen molar-refractivity contribution in [3.8, 4) is 0 Å². The van der Waals surface area contributed by atoms with Crippen LogP contribution in [0.3, 0.4) is 0 Å². The molecular formula is C12H13Cl2F2NO3S. The molecule has 0 saturated heterocycles. The van der Waals surface area contributed by atoms with E-state index in [0.717, 1.165) is 0 Å². The molecule has 9 heteroatoms. The summed E-state index contributed by atoms with van der Waals surface area (Å²) in [6, 6.07) is 0.346. The van der Waals surface area contributed by atoms with Crippen molar-refractivity contribution in [1.82, 2.24) is 5.32 Å². The van der Waals surface area contributed by atoms with Crippen molar-refractivity contribution in [3.05, 3.63) is 28.3 Å². The van der Waals surface area contributed by atoms with Crippen molar-refractivity contribution in [2.75, 3.05) is 0 Å². The van der Waals surface area contributed by atoms with E-state index in [1.54, 1.807) is 0 Å². The molecule has 0 aliphatic rings. The smallest absolute Gasteiger partial charge is 0.265 e. The van der Waals surface area contributed by atoms with Crippen molar-refractivity contribution in [2.45, 2.75) is 37.6 Å². The normalized spacial score (nSPS) is 11.8. The highest BCUT2D eigenvalue weighted by molar-refractivity contribution is 8.13. The second kappa shape index (κ2) is 6.89. The van der Waals surface area contributed by atoms with Gasteiger partial charge in [-0.05, 0) is 18.9 Å². The van der Waals surface area contributed by atoms with Gasteiger partial charge in [0.15, 0.2) is 11.6 Å². The lowest BCUT2D eigenvalue weighted by atomic mass is 10.1. The Balaban J connectivity index is 3.39. The Morgan fingerprint density at radius 3 is 2.29 bits per heavy atom. The average Bonchev–Trinajstić information content (AvgIpc) is 2.38. The number of hydrogen-bond donors (Lipinski definition) is 1. The van der Waals surface area contributed by atoms with Crippen molar-refractivity contribution in [1.29, 1.82) is 0 Å². The summed E-state index contributed by atoms with van der Waals surface area (Å²) in [5.41, 5.74) is -0.485. The molecule has 0 aromatic heterocycles. The van der Waals surface area contributed by atoms with Crippen LogP contribution in [0, 0.1) is 11.6 Å². The minimum absolute atomic E-state index is 0.197. The molecule has 1 amide bonds. The van der Waals surface area contributed by atoms with E-state index in [4.69, 9.17) is 22.3 Å². The molecule has 0 saturated carbocycles. The van der Waals surface area contributed by atoms with Gasteiger partial charge in [-0.25, -0.2) is 17.2 Å². The van der Waals surface area contributed by atoms with Crippen molar-refractivity contribution < 1.29 is 22.0 Å². The van der Waals surface area contributed by atoms with E-state index in [-0.39, 0.29) is 6.04 Å². The van der Waals surface area contributed by atoms with E-state index >= 15 is 0 Å². The van der Waals surface area contributed by atoms with E-state index in [0.29, 0.717) is 18.9 Å². The van der Waals surface area contributed by atoms with Gasteiger partial charge in [-0.2, -0.15) is 0 Å². The van der Waals surface area contributed by atoms with Gasteiger partial charge in [0, 0.05) is 16.7 Å². The van der Waals surface area contributed by atoms with E-state index < -0.39 is 42.1 Å². The molecule has 1 aromatic rings. The van der Waals surface area contributed by atoms with Crippen LogP contribution in [0.25, 0.3) is 0 Å². The van der Waals surface area contributed by atoms with E-state index in [1.807, 2.05) is 13.8 Å². The lowest BCUT2D eigenvalue weighted by Gasteiger charge is -2.16. The Hall–Kier alpha value is -0.920. The Bertz CT molecular complexity index is 661. The minimum Gasteiger partial charge on any atom is -0.349 e. The van der Waals surface area contributed by atoms with E-state index in [2.05, 4.69) is 5.32 Å². The molecule has 0 aliphatic heterocycles. The van der Waals surface area contributed by atoms with Crippen LogP contribution in [0.5, 0.6) is 0 Å². The fourth-order valence-electron chi connectivity index (χ4n) is 1.72. The second-order valence-electron chi connectivity index (χ2n) is 4.29. The molecule has 0 atom stereocenters. The third-order valence-corrected chi connectivity index (χ3v) is 4.76. The first-order valence-electron chi connectivity index (χ1n) is 6.06. The molecule has 1 N–H and O–H groups in total. The third kappa shape index (κ3) is 4.05. The van der Waals surface area contributed by atoms with Crippen LogP contribution in [-0.4, -0.2) is 20.4 Å². The highest BCUT2D eigenvalue weighted by atomic mass is 35.7. The molecular weight excluding hydrogens is 347 g/mol. The summed E-state index contributed by atoms with van der Waals surface area (Å²) in [6.07, 6.45) is 1.23. The van der Waals surface area contributed by atoms with Gasteiger partial charge < -0.3 is 5.32 Å². The summed E-state index contributed by atoms with van der Waals surface area (Å²) in [6.45, 7) is 3.66. The Morgan fingerprint density at radius 1 is 1.33 bits per heavy atom. The quantitative estimate of drug-likeness (QED) is 0.646. The predicted octanol–water partition coefficient (Wildman–Crippen LogP) is 3.46. The number of amides is 1. The molecule has 0 heterocycles. The lowest BCUT2D eigenvalue weighted by Crippen LogP contribution is -2.34. The molecule has 118 valence electrons. The summed E-state index contributed by atoms with van der Waals surface area (Å²) in [4.78, 5) is 10.8. The minimum atomic E-state index is -4.64. The van der Waals surface area contributed by atoms with Gasteiger partial charge in [-0.3, -0.25) is 4.79 Å².